The van der Waals surface area contributed by atoms with Crippen LogP contribution in [-0.4, -0.2) is 43.1 Å². The lowest BCUT2D eigenvalue weighted by molar-refractivity contribution is -0.0239. The van der Waals surface area contributed by atoms with E-state index in [9.17, 15) is 0 Å². The highest BCUT2D eigenvalue weighted by Crippen LogP contribution is 2.48. The fraction of sp³-hybridized carbons (Fsp3) is 1.00. The van der Waals surface area contributed by atoms with Crippen LogP contribution >= 0.6 is 11.6 Å². The molecule has 4 atom stereocenters. The Balaban J connectivity index is 1.51. The normalized spacial score (nSPS) is 44.1. The van der Waals surface area contributed by atoms with Crippen LogP contribution in [0.5, 0.6) is 0 Å². The Morgan fingerprint density at radius 2 is 2.19 bits per heavy atom. The number of halogens is 1. The summed E-state index contributed by atoms with van der Waals surface area (Å²) < 4.78 is 5.61. The zero-order chi connectivity index (χ0) is 11.0. The van der Waals surface area contributed by atoms with Gasteiger partial charge >= 0.3 is 0 Å². The van der Waals surface area contributed by atoms with Crippen molar-refractivity contribution < 1.29 is 4.74 Å². The molecule has 0 radical (unpaired) electrons. The fourth-order valence-electron chi connectivity index (χ4n) is 3.97. The van der Waals surface area contributed by atoms with Crippen LogP contribution in [0.2, 0.25) is 0 Å². The second-order valence-electron chi connectivity index (χ2n) is 5.84. The highest BCUT2D eigenvalue weighted by Gasteiger charge is 2.40. The van der Waals surface area contributed by atoms with E-state index in [4.69, 9.17) is 16.3 Å². The maximum absolute atomic E-state index is 5.87. The van der Waals surface area contributed by atoms with Crippen LogP contribution in [-0.2, 0) is 4.74 Å². The minimum absolute atomic E-state index is 0.272. The Labute approximate surface area is 103 Å². The second kappa shape index (κ2) is 4.83. The quantitative estimate of drug-likeness (QED) is 0.706. The van der Waals surface area contributed by atoms with E-state index in [1.54, 1.807) is 0 Å². The molecule has 0 aromatic rings. The molecule has 2 bridgehead atoms. The Morgan fingerprint density at radius 1 is 1.25 bits per heavy atom. The van der Waals surface area contributed by atoms with Gasteiger partial charge in [-0.25, -0.2) is 0 Å². The molecule has 3 heteroatoms. The van der Waals surface area contributed by atoms with E-state index in [2.05, 4.69) is 4.90 Å². The summed E-state index contributed by atoms with van der Waals surface area (Å²) in [6.45, 7) is 4.34. The van der Waals surface area contributed by atoms with Crippen molar-refractivity contribution in [2.24, 2.45) is 17.8 Å². The largest absolute Gasteiger partial charge is 0.374 e. The van der Waals surface area contributed by atoms with E-state index in [1.165, 1.54) is 32.2 Å². The van der Waals surface area contributed by atoms with Crippen LogP contribution in [0.4, 0.5) is 0 Å². The van der Waals surface area contributed by atoms with Crippen molar-refractivity contribution in [3.05, 3.63) is 0 Å². The van der Waals surface area contributed by atoms with Gasteiger partial charge in [-0.1, -0.05) is 6.42 Å². The molecule has 1 heterocycles. The van der Waals surface area contributed by atoms with E-state index in [0.29, 0.717) is 5.88 Å². The van der Waals surface area contributed by atoms with Crippen molar-refractivity contribution in [1.29, 1.82) is 0 Å². The van der Waals surface area contributed by atoms with Crippen molar-refractivity contribution in [3.8, 4) is 0 Å². The molecule has 0 N–H and O–H groups in total. The summed E-state index contributed by atoms with van der Waals surface area (Å²) in [4.78, 5) is 2.59. The predicted molar refractivity (Wildman–Crippen MR) is 65.8 cm³/mol. The van der Waals surface area contributed by atoms with Crippen LogP contribution in [0.25, 0.3) is 0 Å². The number of rotatable bonds is 3. The molecule has 3 rings (SSSR count). The van der Waals surface area contributed by atoms with Crippen molar-refractivity contribution in [2.45, 2.75) is 31.8 Å². The van der Waals surface area contributed by atoms with Crippen LogP contribution in [0, 0.1) is 17.8 Å². The Bertz CT molecular complexity index is 248. The van der Waals surface area contributed by atoms with Gasteiger partial charge in [-0.2, -0.15) is 0 Å². The van der Waals surface area contributed by atoms with Gasteiger partial charge in [-0.15, -0.1) is 11.6 Å². The number of hydrogen-bond donors (Lipinski definition) is 0. The molecule has 16 heavy (non-hydrogen) atoms. The highest BCUT2D eigenvalue weighted by atomic mass is 35.5. The first kappa shape index (κ1) is 11.3. The van der Waals surface area contributed by atoms with Gasteiger partial charge in [0, 0.05) is 25.5 Å². The van der Waals surface area contributed by atoms with E-state index in [1.807, 2.05) is 0 Å². The Kier molecular flexibility index (Phi) is 3.42. The van der Waals surface area contributed by atoms with Crippen molar-refractivity contribution in [2.75, 3.05) is 32.1 Å². The van der Waals surface area contributed by atoms with Gasteiger partial charge in [0.15, 0.2) is 0 Å². The highest BCUT2D eigenvalue weighted by molar-refractivity contribution is 6.18. The number of fused-ring (bicyclic) bond motifs is 2. The zero-order valence-corrected chi connectivity index (χ0v) is 10.7. The van der Waals surface area contributed by atoms with Crippen LogP contribution < -0.4 is 0 Å². The first-order valence-corrected chi connectivity index (χ1v) is 7.28. The topological polar surface area (TPSA) is 12.5 Å². The lowest BCUT2D eigenvalue weighted by Gasteiger charge is -2.35. The minimum atomic E-state index is 0.272. The number of nitrogens with zero attached hydrogens (tertiary/aromatic N) is 1. The minimum Gasteiger partial charge on any atom is -0.374 e. The smallest absolute Gasteiger partial charge is 0.0837 e. The molecule has 0 amide bonds. The number of alkyl halides is 1. The third kappa shape index (κ3) is 2.25. The number of ether oxygens (including phenoxy) is 1. The number of morpholine rings is 1. The van der Waals surface area contributed by atoms with Gasteiger partial charge in [0.05, 0.1) is 12.7 Å². The molecular formula is C13H22ClNO. The molecule has 1 saturated heterocycles. The first-order chi connectivity index (χ1) is 7.85. The molecule has 2 nitrogen and oxygen atoms in total. The zero-order valence-electron chi connectivity index (χ0n) is 9.91. The van der Waals surface area contributed by atoms with Gasteiger partial charge < -0.3 is 4.74 Å². The summed E-state index contributed by atoms with van der Waals surface area (Å²) in [6, 6.07) is 0. The monoisotopic (exact) mass is 243 g/mol. The standard InChI is InChI=1S/C13H22ClNO/c14-7-13-9-15(3-4-16-13)8-12-6-10-1-2-11(12)5-10/h10-13H,1-9H2. The molecule has 0 aromatic carbocycles. The summed E-state index contributed by atoms with van der Waals surface area (Å²) in [7, 11) is 0. The summed E-state index contributed by atoms with van der Waals surface area (Å²) in [5, 5.41) is 0. The average molecular weight is 244 g/mol. The van der Waals surface area contributed by atoms with Gasteiger partial charge in [-0.05, 0) is 37.0 Å². The molecule has 3 fully saturated rings. The summed E-state index contributed by atoms with van der Waals surface area (Å²) in [5.41, 5.74) is 0. The van der Waals surface area contributed by atoms with Gasteiger partial charge in [-0.3, -0.25) is 4.90 Å². The van der Waals surface area contributed by atoms with E-state index >= 15 is 0 Å². The third-order valence-corrected chi connectivity index (χ3v) is 5.12. The molecular weight excluding hydrogens is 222 g/mol. The lowest BCUT2D eigenvalue weighted by Crippen LogP contribution is -2.45. The van der Waals surface area contributed by atoms with Gasteiger partial charge in [0.25, 0.3) is 0 Å². The Hall–Kier alpha value is 0.210. The van der Waals surface area contributed by atoms with E-state index in [0.717, 1.165) is 37.5 Å². The molecule has 92 valence electrons. The second-order valence-corrected chi connectivity index (χ2v) is 6.15. The Morgan fingerprint density at radius 3 is 2.88 bits per heavy atom. The first-order valence-electron chi connectivity index (χ1n) is 6.75. The fourth-order valence-corrected chi connectivity index (χ4v) is 4.16. The third-order valence-electron chi connectivity index (χ3n) is 4.77. The van der Waals surface area contributed by atoms with Crippen molar-refractivity contribution >= 4 is 11.6 Å². The molecule has 3 aliphatic rings. The molecule has 1 aliphatic heterocycles. The lowest BCUT2D eigenvalue weighted by atomic mass is 9.88. The SMILES string of the molecule is ClCC1CN(CC2CC3CCC2C3)CCO1. The molecule has 0 spiro atoms. The predicted octanol–water partition coefficient (Wildman–Crippen LogP) is 2.36. The van der Waals surface area contributed by atoms with Crippen molar-refractivity contribution in [1.82, 2.24) is 4.90 Å². The van der Waals surface area contributed by atoms with E-state index < -0.39 is 0 Å². The maximum Gasteiger partial charge on any atom is 0.0837 e. The van der Waals surface area contributed by atoms with Crippen molar-refractivity contribution in [3.63, 3.8) is 0 Å². The van der Waals surface area contributed by atoms with Crippen LogP contribution in [0.1, 0.15) is 25.7 Å². The molecule has 2 saturated carbocycles. The van der Waals surface area contributed by atoms with E-state index in [-0.39, 0.29) is 6.10 Å². The molecule has 4 unspecified atom stereocenters. The summed E-state index contributed by atoms with van der Waals surface area (Å²) >= 11 is 5.87. The molecule has 0 aromatic heterocycles. The molecule has 2 aliphatic carbocycles. The summed E-state index contributed by atoms with van der Waals surface area (Å²) in [6.07, 6.45) is 6.29. The van der Waals surface area contributed by atoms with Crippen LogP contribution in [0.3, 0.4) is 0 Å². The maximum atomic E-state index is 5.87. The summed E-state index contributed by atoms with van der Waals surface area (Å²) in [5.74, 6) is 3.74. The van der Waals surface area contributed by atoms with Crippen LogP contribution in [0.15, 0.2) is 0 Å². The average Bonchev–Trinajstić information content (AvgIpc) is 2.91. The van der Waals surface area contributed by atoms with Gasteiger partial charge in [0.2, 0.25) is 0 Å². The van der Waals surface area contributed by atoms with Gasteiger partial charge in [0.1, 0.15) is 0 Å². The number of hydrogen-bond acceptors (Lipinski definition) is 2.